The molecule has 6 nitrogen and oxygen atoms in total. The number of benzene rings is 2. The van der Waals surface area contributed by atoms with Crippen LogP contribution in [-0.4, -0.2) is 25.8 Å². The summed E-state index contributed by atoms with van der Waals surface area (Å²) in [5.41, 5.74) is 6.38. The first-order valence-electron chi connectivity index (χ1n) is 14.9. The molecule has 0 fully saturated rings. The van der Waals surface area contributed by atoms with Crippen LogP contribution >= 0.6 is 0 Å². The Kier molecular flexibility index (Phi) is 11.4. The molecule has 1 aliphatic rings. The molecule has 222 valence electrons. The maximum Gasteiger partial charge on any atom is 0.292 e. The summed E-state index contributed by atoms with van der Waals surface area (Å²) >= 11 is 0. The van der Waals surface area contributed by atoms with Crippen molar-refractivity contribution in [2.75, 3.05) is 25.1 Å². The Morgan fingerprint density at radius 1 is 0.953 bits per heavy atom. The third-order valence-corrected chi connectivity index (χ3v) is 7.69. The molecule has 0 saturated heterocycles. The van der Waals surface area contributed by atoms with Crippen LogP contribution in [-0.2, 0) is 4.74 Å². The fourth-order valence-corrected chi connectivity index (χ4v) is 5.12. The van der Waals surface area contributed by atoms with Crippen molar-refractivity contribution in [3.8, 4) is 11.8 Å². The molecular formula is C37H42N4O2. The SMILES string of the molecule is [C-]#[N+]C1=C(/C=C/c2cc(C)c(/C=C/c3ccc(N(CCCC)CCCC)cc3OC)cc2C)C(C)(C)O/C1=C(\C#N)[N+]#[C-]. The van der Waals surface area contributed by atoms with Gasteiger partial charge in [-0.05, 0) is 74.9 Å². The van der Waals surface area contributed by atoms with E-state index in [0.29, 0.717) is 5.57 Å². The summed E-state index contributed by atoms with van der Waals surface area (Å²) in [6, 6.07) is 12.6. The predicted molar refractivity (Wildman–Crippen MR) is 177 cm³/mol. The van der Waals surface area contributed by atoms with Crippen molar-refractivity contribution in [3.63, 3.8) is 0 Å². The van der Waals surface area contributed by atoms with Gasteiger partial charge < -0.3 is 14.4 Å². The molecule has 0 aliphatic carbocycles. The molecule has 0 saturated carbocycles. The van der Waals surface area contributed by atoms with E-state index in [-0.39, 0.29) is 17.2 Å². The van der Waals surface area contributed by atoms with Crippen molar-refractivity contribution >= 4 is 23.9 Å². The second-order valence-electron chi connectivity index (χ2n) is 11.2. The lowest BCUT2D eigenvalue weighted by atomic mass is 9.94. The van der Waals surface area contributed by atoms with Gasteiger partial charge in [0.2, 0.25) is 5.70 Å². The Labute approximate surface area is 257 Å². The van der Waals surface area contributed by atoms with Crippen LogP contribution in [0.5, 0.6) is 5.75 Å². The average Bonchev–Trinajstić information content (AvgIpc) is 3.26. The number of rotatable bonds is 12. The smallest absolute Gasteiger partial charge is 0.292 e. The van der Waals surface area contributed by atoms with Gasteiger partial charge in [0.15, 0.2) is 0 Å². The molecule has 2 aromatic rings. The van der Waals surface area contributed by atoms with E-state index in [0.717, 1.165) is 46.7 Å². The van der Waals surface area contributed by atoms with Crippen LogP contribution in [0, 0.1) is 38.3 Å². The number of methoxy groups -OCH3 is 1. The Balaban J connectivity index is 1.90. The van der Waals surface area contributed by atoms with Gasteiger partial charge in [0.1, 0.15) is 17.1 Å². The van der Waals surface area contributed by atoms with Crippen molar-refractivity contribution in [2.45, 2.75) is 72.8 Å². The van der Waals surface area contributed by atoms with Crippen molar-refractivity contribution in [1.29, 1.82) is 5.26 Å². The third kappa shape index (κ3) is 7.77. The fraction of sp³-hybridized carbons (Fsp3) is 0.378. The summed E-state index contributed by atoms with van der Waals surface area (Å²) in [4.78, 5) is 9.33. The van der Waals surface area contributed by atoms with E-state index >= 15 is 0 Å². The summed E-state index contributed by atoms with van der Waals surface area (Å²) in [5, 5.41) is 9.33. The molecule has 1 heterocycles. The second-order valence-corrected chi connectivity index (χ2v) is 11.2. The summed E-state index contributed by atoms with van der Waals surface area (Å²) < 4.78 is 11.7. The molecule has 0 unspecified atom stereocenters. The van der Waals surface area contributed by atoms with Crippen LogP contribution in [0.15, 0.2) is 59.1 Å². The van der Waals surface area contributed by atoms with Gasteiger partial charge in [0.25, 0.3) is 5.70 Å². The molecule has 0 radical (unpaired) electrons. The zero-order valence-corrected chi connectivity index (χ0v) is 26.5. The minimum atomic E-state index is -0.832. The Hall–Kier alpha value is -4.73. The van der Waals surface area contributed by atoms with Gasteiger partial charge in [-0.25, -0.2) is 15.0 Å². The molecule has 0 spiro atoms. The zero-order chi connectivity index (χ0) is 31.6. The van der Waals surface area contributed by atoms with Crippen molar-refractivity contribution < 1.29 is 9.47 Å². The highest BCUT2D eigenvalue weighted by Gasteiger charge is 2.38. The minimum absolute atomic E-state index is 0.0589. The number of allylic oxidation sites excluding steroid dienone is 1. The molecule has 1 aliphatic heterocycles. The van der Waals surface area contributed by atoms with E-state index in [1.807, 2.05) is 32.1 Å². The molecule has 0 N–H and O–H groups in total. The summed E-state index contributed by atoms with van der Waals surface area (Å²) in [6.45, 7) is 29.3. The average molecular weight is 575 g/mol. The highest BCUT2D eigenvalue weighted by molar-refractivity contribution is 5.76. The number of anilines is 1. The second kappa shape index (κ2) is 14.9. The summed E-state index contributed by atoms with van der Waals surface area (Å²) in [6.07, 6.45) is 12.7. The van der Waals surface area contributed by atoms with Crippen LogP contribution in [0.4, 0.5) is 5.69 Å². The van der Waals surface area contributed by atoms with Gasteiger partial charge in [-0.2, -0.15) is 0 Å². The zero-order valence-electron chi connectivity index (χ0n) is 26.5. The van der Waals surface area contributed by atoms with Crippen LogP contribution < -0.4 is 9.64 Å². The van der Waals surface area contributed by atoms with Gasteiger partial charge in [0, 0.05) is 36.0 Å². The molecule has 0 bridgehead atoms. The fourth-order valence-electron chi connectivity index (χ4n) is 5.12. The van der Waals surface area contributed by atoms with Gasteiger partial charge >= 0.3 is 0 Å². The van der Waals surface area contributed by atoms with E-state index in [4.69, 9.17) is 22.6 Å². The number of hydrogen-bond acceptors (Lipinski definition) is 4. The van der Waals surface area contributed by atoms with E-state index in [9.17, 15) is 5.26 Å². The first kappa shape index (κ1) is 32.8. The largest absolute Gasteiger partial charge is 0.505 e. The standard InChI is InChI=1S/C37H42N4O2/c1-10-12-20-41(21-13-11-2)31-18-16-28(34(24-31)42-9)14-15-29-22-27(4)30(23-26(29)3)17-19-32-35(40-8)36(33(25-38)39-7)43-37(32,5)6/h14-19,22-24H,10-13,20-21H2,1-6,9H3/b15-14+,19-17+,36-33+. The lowest BCUT2D eigenvalue weighted by Gasteiger charge is -2.25. The monoisotopic (exact) mass is 574 g/mol. The van der Waals surface area contributed by atoms with E-state index in [1.165, 1.54) is 31.4 Å². The minimum Gasteiger partial charge on any atom is -0.505 e. The number of nitrogens with zero attached hydrogens (tertiary/aromatic N) is 4. The lowest BCUT2D eigenvalue weighted by molar-refractivity contribution is 0.0952. The molecule has 2 aromatic carbocycles. The predicted octanol–water partition coefficient (Wildman–Crippen LogP) is 9.54. The molecule has 43 heavy (non-hydrogen) atoms. The normalized spacial score (nSPS) is 15.3. The Morgan fingerprint density at radius 2 is 1.53 bits per heavy atom. The molecule has 0 amide bonds. The van der Waals surface area contributed by atoms with E-state index in [1.54, 1.807) is 7.11 Å². The Bertz CT molecular complexity index is 1560. The number of aryl methyl sites for hydroxylation is 2. The summed E-state index contributed by atoms with van der Waals surface area (Å²) in [7, 11) is 1.72. The molecule has 0 aromatic heterocycles. The maximum absolute atomic E-state index is 9.33. The van der Waals surface area contributed by atoms with Crippen molar-refractivity contribution in [3.05, 3.63) is 110 Å². The molecule has 0 atom stereocenters. The number of unbranched alkanes of at least 4 members (excludes halogenated alkanes) is 2. The van der Waals surface area contributed by atoms with Crippen molar-refractivity contribution in [1.82, 2.24) is 0 Å². The molecule has 3 rings (SSSR count). The number of nitriles is 1. The van der Waals surface area contributed by atoms with Crippen molar-refractivity contribution in [2.24, 2.45) is 0 Å². The first-order chi connectivity index (χ1) is 20.6. The highest BCUT2D eigenvalue weighted by Crippen LogP contribution is 2.41. The first-order valence-corrected chi connectivity index (χ1v) is 14.9. The van der Waals surface area contributed by atoms with Crippen LogP contribution in [0.1, 0.15) is 81.2 Å². The highest BCUT2D eigenvalue weighted by atomic mass is 16.5. The van der Waals surface area contributed by atoms with Gasteiger partial charge in [-0.15, -0.1) is 0 Å². The third-order valence-electron chi connectivity index (χ3n) is 7.69. The topological polar surface area (TPSA) is 54.2 Å². The van der Waals surface area contributed by atoms with Gasteiger partial charge in [0.05, 0.1) is 26.3 Å². The van der Waals surface area contributed by atoms with E-state index in [2.05, 4.69) is 84.8 Å². The maximum atomic E-state index is 9.33. The molecule has 6 heteroatoms. The lowest BCUT2D eigenvalue weighted by Crippen LogP contribution is -2.25. The Morgan fingerprint density at radius 3 is 2.05 bits per heavy atom. The van der Waals surface area contributed by atoms with Gasteiger partial charge in [-0.1, -0.05) is 63.1 Å². The van der Waals surface area contributed by atoms with Crippen LogP contribution in [0.25, 0.3) is 27.9 Å². The van der Waals surface area contributed by atoms with Crippen LogP contribution in [0.2, 0.25) is 0 Å². The number of hydrogen-bond donors (Lipinski definition) is 0. The van der Waals surface area contributed by atoms with Gasteiger partial charge in [-0.3, -0.25) is 0 Å². The van der Waals surface area contributed by atoms with E-state index < -0.39 is 5.60 Å². The quantitative estimate of drug-likeness (QED) is 0.144. The molecular weight excluding hydrogens is 532 g/mol. The summed E-state index contributed by atoms with van der Waals surface area (Å²) in [5.74, 6) is 0.917. The number of ether oxygens (including phenoxy) is 2. The van der Waals surface area contributed by atoms with Crippen LogP contribution in [0.3, 0.4) is 0 Å².